The molecule has 28 heavy (non-hydrogen) atoms. The summed E-state index contributed by atoms with van der Waals surface area (Å²) in [6, 6.07) is 3.57. The fraction of sp³-hybridized carbons (Fsp3) is 0.615. The summed E-state index contributed by atoms with van der Waals surface area (Å²) in [6.45, 7) is 4.48. The van der Waals surface area contributed by atoms with E-state index in [9.17, 15) is 8.78 Å². The Bertz CT molecular complexity index is 693. The molecule has 0 aromatic heterocycles. The van der Waals surface area contributed by atoms with Crippen LogP contribution >= 0.6 is 0 Å². The van der Waals surface area contributed by atoms with Crippen LogP contribution in [0.4, 0.5) is 8.78 Å². The monoisotopic (exact) mass is 386 g/mol. The molecule has 1 aromatic rings. The highest BCUT2D eigenvalue weighted by molar-refractivity contribution is 5.67. The molecule has 1 saturated carbocycles. The average molecular weight is 387 g/mol. The Morgan fingerprint density at radius 1 is 1.04 bits per heavy atom. The summed E-state index contributed by atoms with van der Waals surface area (Å²) in [4.78, 5) is 0. The molecule has 3 rings (SSSR count). The zero-order valence-corrected chi connectivity index (χ0v) is 17.7. The first-order chi connectivity index (χ1) is 13.6. The molecular formula is C26H36F2. The molecule has 0 aliphatic heterocycles. The predicted octanol–water partition coefficient (Wildman–Crippen LogP) is 8.26. The lowest BCUT2D eigenvalue weighted by atomic mass is 9.80. The Hall–Kier alpha value is -1.44. The number of allylic oxidation sites excluding steroid dienone is 4. The van der Waals surface area contributed by atoms with E-state index in [-0.39, 0.29) is 0 Å². The molecule has 0 amide bonds. The Balaban J connectivity index is 1.52. The molecule has 0 heterocycles. The van der Waals surface area contributed by atoms with Gasteiger partial charge in [0, 0.05) is 5.56 Å². The van der Waals surface area contributed by atoms with E-state index in [1.165, 1.54) is 38.5 Å². The van der Waals surface area contributed by atoms with Gasteiger partial charge >= 0.3 is 0 Å². The number of benzene rings is 1. The Morgan fingerprint density at radius 2 is 1.82 bits per heavy atom. The van der Waals surface area contributed by atoms with Crippen LogP contribution in [0.3, 0.4) is 0 Å². The number of rotatable bonds is 7. The van der Waals surface area contributed by atoms with Gasteiger partial charge in [-0.2, -0.15) is 0 Å². The molecule has 0 spiro atoms. The average Bonchev–Trinajstić information content (AvgIpc) is 2.71. The van der Waals surface area contributed by atoms with Gasteiger partial charge in [0.25, 0.3) is 0 Å². The molecule has 0 nitrogen and oxygen atoms in total. The topological polar surface area (TPSA) is 0 Å². The number of hydrogen-bond acceptors (Lipinski definition) is 0. The molecule has 0 saturated heterocycles. The van der Waals surface area contributed by atoms with Crippen molar-refractivity contribution in [3.8, 4) is 0 Å². The quantitative estimate of drug-likeness (QED) is 0.414. The molecule has 2 aliphatic rings. The van der Waals surface area contributed by atoms with Crippen LogP contribution in [0.25, 0.3) is 5.57 Å². The highest BCUT2D eigenvalue weighted by atomic mass is 19.2. The van der Waals surface area contributed by atoms with Gasteiger partial charge in [0.1, 0.15) is 0 Å². The van der Waals surface area contributed by atoms with Crippen molar-refractivity contribution in [3.05, 3.63) is 53.1 Å². The molecule has 0 N–H and O–H groups in total. The van der Waals surface area contributed by atoms with Gasteiger partial charge in [-0.05, 0) is 86.7 Å². The zero-order valence-electron chi connectivity index (χ0n) is 17.7. The molecule has 0 bridgehead atoms. The second-order valence-electron chi connectivity index (χ2n) is 9.05. The minimum Gasteiger partial charge on any atom is -0.203 e. The molecule has 1 unspecified atom stereocenters. The van der Waals surface area contributed by atoms with Gasteiger partial charge in [-0.15, -0.1) is 0 Å². The van der Waals surface area contributed by atoms with Crippen LogP contribution in [0.1, 0.15) is 89.2 Å². The lowest BCUT2D eigenvalue weighted by Crippen LogP contribution is -2.12. The van der Waals surface area contributed by atoms with Gasteiger partial charge in [-0.1, -0.05) is 57.0 Å². The Kier molecular flexibility index (Phi) is 7.88. The van der Waals surface area contributed by atoms with E-state index >= 15 is 0 Å². The highest BCUT2D eigenvalue weighted by Crippen LogP contribution is 2.34. The summed E-state index contributed by atoms with van der Waals surface area (Å²) >= 11 is 0. The fourth-order valence-corrected chi connectivity index (χ4v) is 4.85. The standard InChI is InChI=1S/C26H36F2/c1-3-6-20-11-13-21(14-12-20)7-4-5-8-23-17-18-24(26(28)25(23)27)22-15-9-19(2)10-16-22/h4,7,15,17-21H,3,5-6,8-14,16H2,1-2H3. The van der Waals surface area contributed by atoms with E-state index < -0.39 is 11.6 Å². The summed E-state index contributed by atoms with van der Waals surface area (Å²) in [7, 11) is 0. The SMILES string of the molecule is CCCC1CCC(C=CCCc2ccc(C3=CCC(C)CC3)c(F)c2F)CC1. The predicted molar refractivity (Wildman–Crippen MR) is 115 cm³/mol. The van der Waals surface area contributed by atoms with Gasteiger partial charge < -0.3 is 0 Å². The summed E-state index contributed by atoms with van der Waals surface area (Å²) in [5.41, 5.74) is 1.94. The van der Waals surface area contributed by atoms with Crippen LogP contribution in [0.2, 0.25) is 0 Å². The molecule has 154 valence electrons. The van der Waals surface area contributed by atoms with Crippen molar-refractivity contribution in [1.29, 1.82) is 0 Å². The minimum atomic E-state index is -0.656. The zero-order chi connectivity index (χ0) is 19.9. The number of aryl methyl sites for hydroxylation is 1. The van der Waals surface area contributed by atoms with E-state index in [1.54, 1.807) is 12.1 Å². The van der Waals surface area contributed by atoms with E-state index in [0.29, 0.717) is 29.4 Å². The van der Waals surface area contributed by atoms with Crippen molar-refractivity contribution in [2.24, 2.45) is 17.8 Å². The maximum absolute atomic E-state index is 14.6. The molecular weight excluding hydrogens is 350 g/mol. The molecule has 1 fully saturated rings. The van der Waals surface area contributed by atoms with Gasteiger partial charge in [0.15, 0.2) is 11.6 Å². The Morgan fingerprint density at radius 3 is 2.50 bits per heavy atom. The Labute approximate surface area is 170 Å². The first kappa shape index (κ1) is 21.3. The molecule has 1 atom stereocenters. The summed E-state index contributed by atoms with van der Waals surface area (Å²) in [5.74, 6) is 0.942. The van der Waals surface area contributed by atoms with Crippen molar-refractivity contribution in [1.82, 2.24) is 0 Å². The van der Waals surface area contributed by atoms with Crippen molar-refractivity contribution >= 4 is 5.57 Å². The second kappa shape index (κ2) is 10.4. The van der Waals surface area contributed by atoms with Crippen molar-refractivity contribution in [3.63, 3.8) is 0 Å². The minimum absolute atomic E-state index is 0.465. The van der Waals surface area contributed by atoms with Gasteiger partial charge in [-0.25, -0.2) is 8.78 Å². The normalized spacial score (nSPS) is 25.9. The van der Waals surface area contributed by atoms with Crippen molar-refractivity contribution in [2.75, 3.05) is 0 Å². The second-order valence-corrected chi connectivity index (χ2v) is 9.05. The fourth-order valence-electron chi connectivity index (χ4n) is 4.85. The maximum Gasteiger partial charge on any atom is 0.166 e. The lowest BCUT2D eigenvalue weighted by molar-refractivity contribution is 0.294. The van der Waals surface area contributed by atoms with Gasteiger partial charge in [-0.3, -0.25) is 0 Å². The smallest absolute Gasteiger partial charge is 0.166 e. The van der Waals surface area contributed by atoms with Crippen LogP contribution in [0.15, 0.2) is 30.4 Å². The van der Waals surface area contributed by atoms with Gasteiger partial charge in [0.05, 0.1) is 0 Å². The summed E-state index contributed by atoms with van der Waals surface area (Å²) in [6.07, 6.45) is 18.7. The third kappa shape index (κ3) is 5.55. The van der Waals surface area contributed by atoms with E-state index in [4.69, 9.17) is 0 Å². The first-order valence-electron chi connectivity index (χ1n) is 11.4. The number of hydrogen-bond donors (Lipinski definition) is 0. The van der Waals surface area contributed by atoms with Crippen molar-refractivity contribution < 1.29 is 8.78 Å². The summed E-state index contributed by atoms with van der Waals surface area (Å²) < 4.78 is 29.2. The molecule has 2 heteroatoms. The van der Waals surface area contributed by atoms with Gasteiger partial charge in [0.2, 0.25) is 0 Å². The van der Waals surface area contributed by atoms with Crippen LogP contribution < -0.4 is 0 Å². The summed E-state index contributed by atoms with van der Waals surface area (Å²) in [5, 5.41) is 0. The van der Waals surface area contributed by atoms with Crippen molar-refractivity contribution in [2.45, 2.75) is 84.5 Å². The van der Waals surface area contributed by atoms with Crippen LogP contribution in [0.5, 0.6) is 0 Å². The van der Waals surface area contributed by atoms with E-state index in [1.807, 2.05) is 0 Å². The lowest BCUT2D eigenvalue weighted by Gasteiger charge is -2.26. The third-order valence-electron chi connectivity index (χ3n) is 6.76. The highest BCUT2D eigenvalue weighted by Gasteiger charge is 2.20. The van der Waals surface area contributed by atoms with Crippen LogP contribution in [0, 0.1) is 29.4 Å². The van der Waals surface area contributed by atoms with Crippen LogP contribution in [-0.4, -0.2) is 0 Å². The maximum atomic E-state index is 14.6. The third-order valence-corrected chi connectivity index (χ3v) is 6.76. The van der Waals surface area contributed by atoms with E-state index in [0.717, 1.165) is 37.2 Å². The molecule has 2 aliphatic carbocycles. The van der Waals surface area contributed by atoms with Crippen LogP contribution in [-0.2, 0) is 6.42 Å². The van der Waals surface area contributed by atoms with E-state index in [2.05, 4.69) is 32.1 Å². The molecule has 0 radical (unpaired) electrons. The number of halogens is 2. The molecule has 1 aromatic carbocycles. The largest absolute Gasteiger partial charge is 0.203 e. The first-order valence-corrected chi connectivity index (χ1v) is 11.4.